The van der Waals surface area contributed by atoms with Crippen LogP contribution in [0.5, 0.6) is 0 Å². The molecule has 0 radical (unpaired) electrons. The predicted octanol–water partition coefficient (Wildman–Crippen LogP) is 3.86. The van der Waals surface area contributed by atoms with Gasteiger partial charge in [-0.15, -0.1) is 0 Å². The molecule has 3 rings (SSSR count). The van der Waals surface area contributed by atoms with Crippen LogP contribution < -0.4 is 10.6 Å². The second kappa shape index (κ2) is 10.6. The van der Waals surface area contributed by atoms with E-state index in [4.69, 9.17) is 0 Å². The van der Waals surface area contributed by atoms with E-state index >= 15 is 0 Å². The first-order valence-corrected chi connectivity index (χ1v) is 10.5. The van der Waals surface area contributed by atoms with Gasteiger partial charge in [0.1, 0.15) is 5.69 Å². The summed E-state index contributed by atoms with van der Waals surface area (Å²) in [7, 11) is 0. The maximum Gasteiger partial charge on any atom is 0.272 e. The molecule has 32 heavy (non-hydrogen) atoms. The summed E-state index contributed by atoms with van der Waals surface area (Å²) in [5, 5.41) is 18.1. The molecule has 1 atom stereocenters. The second-order valence-corrected chi connectivity index (χ2v) is 8.05. The van der Waals surface area contributed by atoms with Crippen LogP contribution in [0.25, 0.3) is 0 Å². The van der Waals surface area contributed by atoms with Crippen LogP contribution in [0.3, 0.4) is 0 Å². The molecule has 0 aliphatic carbocycles. The summed E-state index contributed by atoms with van der Waals surface area (Å²) >= 11 is 0. The number of nitro benzene ring substituents is 1. The molecule has 1 unspecified atom stereocenters. The van der Waals surface area contributed by atoms with Gasteiger partial charge >= 0.3 is 0 Å². The molecule has 1 amide bonds. The quantitative estimate of drug-likeness (QED) is 0.285. The van der Waals surface area contributed by atoms with Gasteiger partial charge in [-0.3, -0.25) is 24.9 Å². The lowest BCUT2D eigenvalue weighted by atomic mass is 9.78. The molecule has 166 valence electrons. The van der Waals surface area contributed by atoms with Gasteiger partial charge in [-0.1, -0.05) is 30.3 Å². The van der Waals surface area contributed by atoms with Crippen molar-refractivity contribution in [2.24, 2.45) is 0 Å². The van der Waals surface area contributed by atoms with Gasteiger partial charge in [0.25, 0.3) is 11.6 Å². The van der Waals surface area contributed by atoms with Gasteiger partial charge in [0, 0.05) is 42.0 Å². The van der Waals surface area contributed by atoms with Gasteiger partial charge in [-0.25, -0.2) is 0 Å². The van der Waals surface area contributed by atoms with Crippen LogP contribution in [0.15, 0.2) is 73.1 Å². The number of hydrogen-bond acceptors (Lipinski definition) is 6. The Kier molecular flexibility index (Phi) is 7.62. The molecule has 2 heterocycles. The van der Waals surface area contributed by atoms with Gasteiger partial charge in [0.2, 0.25) is 0 Å². The summed E-state index contributed by atoms with van der Waals surface area (Å²) in [4.78, 5) is 32.5. The van der Waals surface area contributed by atoms with Gasteiger partial charge in [-0.05, 0) is 51.1 Å². The summed E-state index contributed by atoms with van der Waals surface area (Å²) in [5.74, 6) is -0.631. The molecule has 2 N–H and O–H groups in total. The van der Waals surface area contributed by atoms with Crippen molar-refractivity contribution in [3.63, 3.8) is 0 Å². The number of aromatic nitrogens is 2. The van der Waals surface area contributed by atoms with Gasteiger partial charge in [0.05, 0.1) is 10.6 Å². The van der Waals surface area contributed by atoms with Crippen LogP contribution in [0, 0.1) is 10.1 Å². The number of carbonyl (C=O) groups is 1. The highest BCUT2D eigenvalue weighted by Gasteiger charge is 2.36. The van der Waals surface area contributed by atoms with Crippen molar-refractivity contribution in [3.05, 3.63) is 100 Å². The molecule has 0 fully saturated rings. The molecule has 1 aromatic carbocycles. The number of hydrogen-bond donors (Lipinski definition) is 2. The smallest absolute Gasteiger partial charge is 0.272 e. The number of rotatable bonds is 10. The zero-order valence-corrected chi connectivity index (χ0v) is 18.2. The first-order valence-electron chi connectivity index (χ1n) is 10.5. The fraction of sp³-hybridized carbons (Fsp3) is 0.292. The average molecular weight is 434 g/mol. The van der Waals surface area contributed by atoms with Crippen molar-refractivity contribution in [2.45, 2.75) is 38.3 Å². The van der Waals surface area contributed by atoms with E-state index in [-0.39, 0.29) is 22.4 Å². The Labute approximate surface area is 187 Å². The normalized spacial score (nSPS) is 12.2. The maximum atomic E-state index is 12.8. The Morgan fingerprint density at radius 3 is 2.38 bits per heavy atom. The Bertz CT molecular complexity index is 1040. The predicted molar refractivity (Wildman–Crippen MR) is 122 cm³/mol. The van der Waals surface area contributed by atoms with Crippen molar-refractivity contribution in [1.29, 1.82) is 0 Å². The zero-order chi connectivity index (χ0) is 23.0. The van der Waals surface area contributed by atoms with Gasteiger partial charge in [-0.2, -0.15) is 0 Å². The Balaban J connectivity index is 1.80. The highest BCUT2D eigenvalue weighted by Crippen LogP contribution is 2.36. The summed E-state index contributed by atoms with van der Waals surface area (Å²) < 4.78 is 0. The monoisotopic (exact) mass is 433 g/mol. The Morgan fingerprint density at radius 2 is 1.72 bits per heavy atom. The van der Waals surface area contributed by atoms with E-state index in [0.29, 0.717) is 30.8 Å². The number of nitrogens with one attached hydrogen (secondary N) is 2. The van der Waals surface area contributed by atoms with E-state index in [1.807, 2.05) is 32.0 Å². The number of nitro groups is 1. The second-order valence-electron chi connectivity index (χ2n) is 8.05. The van der Waals surface area contributed by atoms with Crippen LogP contribution in [-0.4, -0.2) is 32.9 Å². The van der Waals surface area contributed by atoms with Crippen molar-refractivity contribution in [3.8, 4) is 0 Å². The average Bonchev–Trinajstić information content (AvgIpc) is 2.80. The van der Waals surface area contributed by atoms with Crippen molar-refractivity contribution < 1.29 is 9.72 Å². The van der Waals surface area contributed by atoms with E-state index < -0.39 is 5.54 Å². The third-order valence-corrected chi connectivity index (χ3v) is 5.36. The molecule has 3 aromatic rings. The van der Waals surface area contributed by atoms with Crippen LogP contribution in [0.1, 0.15) is 47.9 Å². The molecule has 0 saturated heterocycles. The number of pyridine rings is 2. The lowest BCUT2D eigenvalue weighted by Crippen LogP contribution is -2.49. The molecule has 8 nitrogen and oxygen atoms in total. The zero-order valence-electron chi connectivity index (χ0n) is 18.2. The number of para-hydroxylation sites is 1. The van der Waals surface area contributed by atoms with Gasteiger partial charge in [0.15, 0.2) is 0 Å². The highest BCUT2D eigenvalue weighted by molar-refractivity contribution is 5.92. The lowest BCUT2D eigenvalue weighted by molar-refractivity contribution is -0.385. The first-order chi connectivity index (χ1) is 15.4. The Morgan fingerprint density at radius 1 is 1.03 bits per heavy atom. The van der Waals surface area contributed by atoms with E-state index in [0.717, 1.165) is 5.69 Å². The summed E-state index contributed by atoms with van der Waals surface area (Å²) in [6.07, 6.45) is 3.87. The third kappa shape index (κ3) is 5.95. The largest absolute Gasteiger partial charge is 0.345 e. The van der Waals surface area contributed by atoms with Crippen LogP contribution in [0.4, 0.5) is 5.69 Å². The minimum Gasteiger partial charge on any atom is -0.345 e. The highest BCUT2D eigenvalue weighted by atomic mass is 16.6. The van der Waals surface area contributed by atoms with Crippen LogP contribution in [-0.2, 0) is 6.54 Å². The van der Waals surface area contributed by atoms with Gasteiger partial charge < -0.3 is 10.6 Å². The molecule has 0 bridgehead atoms. The van der Waals surface area contributed by atoms with E-state index in [1.54, 1.807) is 48.8 Å². The lowest BCUT2D eigenvalue weighted by Gasteiger charge is -2.35. The Hall–Kier alpha value is -3.65. The molecule has 0 spiro atoms. The molecule has 2 aromatic heterocycles. The van der Waals surface area contributed by atoms with E-state index in [2.05, 4.69) is 20.6 Å². The summed E-state index contributed by atoms with van der Waals surface area (Å²) in [6, 6.07) is 17.5. The van der Waals surface area contributed by atoms with Crippen molar-refractivity contribution >= 4 is 11.6 Å². The summed E-state index contributed by atoms with van der Waals surface area (Å²) in [5.41, 5.74) is 1.08. The SMILES string of the molecule is CC(C)(NC(=O)c1ccccn1)C(CCNCc1ccccn1)c1ccccc1[N+](=O)[O-]. The van der Waals surface area contributed by atoms with Crippen LogP contribution in [0.2, 0.25) is 0 Å². The fourth-order valence-corrected chi connectivity index (χ4v) is 3.76. The molecule has 0 aliphatic rings. The number of benzene rings is 1. The third-order valence-electron chi connectivity index (χ3n) is 5.36. The summed E-state index contributed by atoms with van der Waals surface area (Å²) in [6.45, 7) is 4.95. The molecule has 0 aliphatic heterocycles. The molecular formula is C24H27N5O3. The number of amides is 1. The first kappa shape index (κ1) is 23.0. The maximum absolute atomic E-state index is 12.8. The molecule has 0 saturated carbocycles. The topological polar surface area (TPSA) is 110 Å². The van der Waals surface area contributed by atoms with Crippen molar-refractivity contribution in [1.82, 2.24) is 20.6 Å². The minimum absolute atomic E-state index is 0.0439. The molecular weight excluding hydrogens is 406 g/mol. The fourth-order valence-electron chi connectivity index (χ4n) is 3.76. The van der Waals surface area contributed by atoms with Crippen LogP contribution >= 0.6 is 0 Å². The van der Waals surface area contributed by atoms with E-state index in [9.17, 15) is 14.9 Å². The number of nitrogens with zero attached hydrogens (tertiary/aromatic N) is 3. The van der Waals surface area contributed by atoms with E-state index in [1.165, 1.54) is 6.07 Å². The molecule has 8 heteroatoms. The standard InChI is InChI=1S/C24H27N5O3/c1-24(2,28-23(30)21-11-6-8-15-27-21)20(19-10-3-4-12-22(19)29(31)32)13-16-25-17-18-9-5-7-14-26-18/h3-12,14-15,20,25H,13,16-17H2,1-2H3,(H,28,30). The van der Waals surface area contributed by atoms with Crippen molar-refractivity contribution in [2.75, 3.05) is 6.54 Å². The number of carbonyl (C=O) groups excluding carboxylic acids is 1. The minimum atomic E-state index is -0.770.